The standard InChI is InChI=1S/C13H18FN/c1-2-10-5-6-11(14)9-12(10)13(15)7-3-4-8-13/h5-6,9H,2-4,7-8,15H2,1H3. The van der Waals surface area contributed by atoms with Crippen molar-refractivity contribution in [1.29, 1.82) is 0 Å². The van der Waals surface area contributed by atoms with Crippen molar-refractivity contribution in [3.63, 3.8) is 0 Å². The number of benzene rings is 1. The maximum absolute atomic E-state index is 13.3. The van der Waals surface area contributed by atoms with Gasteiger partial charge >= 0.3 is 0 Å². The van der Waals surface area contributed by atoms with Crippen molar-refractivity contribution in [3.05, 3.63) is 35.1 Å². The summed E-state index contributed by atoms with van der Waals surface area (Å²) in [5, 5.41) is 0. The van der Waals surface area contributed by atoms with E-state index in [4.69, 9.17) is 5.73 Å². The lowest BCUT2D eigenvalue weighted by molar-refractivity contribution is 0.453. The first-order chi connectivity index (χ1) is 7.15. The second kappa shape index (κ2) is 3.93. The van der Waals surface area contributed by atoms with Crippen molar-refractivity contribution in [2.75, 3.05) is 0 Å². The lowest BCUT2D eigenvalue weighted by atomic mass is 9.85. The average Bonchev–Trinajstić information content (AvgIpc) is 2.66. The third kappa shape index (κ3) is 1.91. The van der Waals surface area contributed by atoms with Crippen LogP contribution in [0.3, 0.4) is 0 Å². The van der Waals surface area contributed by atoms with Crippen molar-refractivity contribution in [2.45, 2.75) is 44.6 Å². The van der Waals surface area contributed by atoms with E-state index in [1.807, 2.05) is 6.07 Å². The van der Waals surface area contributed by atoms with Crippen molar-refractivity contribution in [3.8, 4) is 0 Å². The molecule has 1 aromatic rings. The Kier molecular flexibility index (Phi) is 2.79. The predicted molar refractivity (Wildman–Crippen MR) is 60.1 cm³/mol. The van der Waals surface area contributed by atoms with Crippen LogP contribution < -0.4 is 5.73 Å². The number of halogens is 1. The molecule has 1 aliphatic carbocycles. The van der Waals surface area contributed by atoms with Crippen molar-refractivity contribution >= 4 is 0 Å². The molecule has 0 saturated heterocycles. The number of rotatable bonds is 2. The van der Waals surface area contributed by atoms with Gasteiger partial charge in [0.25, 0.3) is 0 Å². The summed E-state index contributed by atoms with van der Waals surface area (Å²) >= 11 is 0. The molecule has 0 aliphatic heterocycles. The van der Waals surface area contributed by atoms with Gasteiger partial charge < -0.3 is 5.73 Å². The fourth-order valence-electron chi connectivity index (χ4n) is 2.60. The molecule has 0 unspecified atom stereocenters. The molecular weight excluding hydrogens is 189 g/mol. The molecule has 1 aromatic carbocycles. The Hall–Kier alpha value is -0.890. The van der Waals surface area contributed by atoms with Gasteiger partial charge in [-0.3, -0.25) is 0 Å². The summed E-state index contributed by atoms with van der Waals surface area (Å²) in [4.78, 5) is 0. The van der Waals surface area contributed by atoms with Gasteiger partial charge in [-0.05, 0) is 42.5 Å². The zero-order chi connectivity index (χ0) is 10.9. The SMILES string of the molecule is CCc1ccc(F)cc1C1(N)CCCC1. The third-order valence-electron chi connectivity index (χ3n) is 3.49. The Labute approximate surface area is 90.5 Å². The highest BCUT2D eigenvalue weighted by molar-refractivity contribution is 5.34. The second-order valence-corrected chi connectivity index (χ2v) is 4.52. The minimum Gasteiger partial charge on any atom is -0.321 e. The zero-order valence-corrected chi connectivity index (χ0v) is 9.22. The Balaban J connectivity index is 2.44. The fourth-order valence-corrected chi connectivity index (χ4v) is 2.60. The van der Waals surface area contributed by atoms with E-state index < -0.39 is 0 Å². The molecular formula is C13H18FN. The summed E-state index contributed by atoms with van der Waals surface area (Å²) in [7, 11) is 0. The normalized spacial score (nSPS) is 19.4. The average molecular weight is 207 g/mol. The van der Waals surface area contributed by atoms with Gasteiger partial charge in [-0.25, -0.2) is 4.39 Å². The summed E-state index contributed by atoms with van der Waals surface area (Å²) in [5.41, 5.74) is 8.31. The van der Waals surface area contributed by atoms with E-state index in [2.05, 4.69) is 6.92 Å². The van der Waals surface area contributed by atoms with Crippen LogP contribution in [0.15, 0.2) is 18.2 Å². The van der Waals surface area contributed by atoms with Gasteiger partial charge in [0.05, 0.1) is 0 Å². The summed E-state index contributed by atoms with van der Waals surface area (Å²) in [6, 6.07) is 5.03. The van der Waals surface area contributed by atoms with E-state index in [0.29, 0.717) is 0 Å². The molecule has 0 spiro atoms. The van der Waals surface area contributed by atoms with E-state index in [0.717, 1.165) is 37.7 Å². The van der Waals surface area contributed by atoms with Crippen LogP contribution in [0.5, 0.6) is 0 Å². The Bertz CT molecular complexity index is 354. The smallest absolute Gasteiger partial charge is 0.123 e. The second-order valence-electron chi connectivity index (χ2n) is 4.52. The molecule has 2 rings (SSSR count). The summed E-state index contributed by atoms with van der Waals surface area (Å²) in [6.07, 6.45) is 5.23. The van der Waals surface area contributed by atoms with Crippen LogP contribution in [-0.4, -0.2) is 0 Å². The molecule has 82 valence electrons. The van der Waals surface area contributed by atoms with Crippen LogP contribution in [0.25, 0.3) is 0 Å². The number of hydrogen-bond donors (Lipinski definition) is 1. The highest BCUT2D eigenvalue weighted by Gasteiger charge is 2.32. The molecule has 2 heteroatoms. The first-order valence-electron chi connectivity index (χ1n) is 5.73. The summed E-state index contributed by atoms with van der Waals surface area (Å²) < 4.78 is 13.3. The lowest BCUT2D eigenvalue weighted by Gasteiger charge is -2.26. The summed E-state index contributed by atoms with van der Waals surface area (Å²) in [5.74, 6) is -0.168. The Morgan fingerprint density at radius 1 is 1.33 bits per heavy atom. The monoisotopic (exact) mass is 207 g/mol. The molecule has 0 aromatic heterocycles. The fraction of sp³-hybridized carbons (Fsp3) is 0.538. The molecule has 0 atom stereocenters. The molecule has 1 aliphatic rings. The quantitative estimate of drug-likeness (QED) is 0.792. The number of aryl methyl sites for hydroxylation is 1. The first-order valence-corrected chi connectivity index (χ1v) is 5.73. The maximum Gasteiger partial charge on any atom is 0.123 e. The molecule has 1 fully saturated rings. The van der Waals surface area contributed by atoms with E-state index in [1.165, 1.54) is 11.6 Å². The van der Waals surface area contributed by atoms with Crippen molar-refractivity contribution in [1.82, 2.24) is 0 Å². The number of hydrogen-bond acceptors (Lipinski definition) is 1. The molecule has 1 saturated carbocycles. The van der Waals surface area contributed by atoms with Crippen LogP contribution in [0, 0.1) is 5.82 Å². The molecule has 0 heterocycles. The summed E-state index contributed by atoms with van der Waals surface area (Å²) in [6.45, 7) is 2.09. The van der Waals surface area contributed by atoms with Gasteiger partial charge in [0.15, 0.2) is 0 Å². The van der Waals surface area contributed by atoms with Crippen molar-refractivity contribution in [2.24, 2.45) is 5.73 Å². The molecule has 15 heavy (non-hydrogen) atoms. The molecule has 0 radical (unpaired) electrons. The minimum absolute atomic E-state index is 0.168. The Morgan fingerprint density at radius 3 is 2.60 bits per heavy atom. The van der Waals surface area contributed by atoms with Gasteiger partial charge in [-0.2, -0.15) is 0 Å². The topological polar surface area (TPSA) is 26.0 Å². The molecule has 2 N–H and O–H groups in total. The predicted octanol–water partition coefficient (Wildman–Crippen LogP) is 3.12. The van der Waals surface area contributed by atoms with Gasteiger partial charge in [0, 0.05) is 5.54 Å². The molecule has 0 bridgehead atoms. The maximum atomic E-state index is 13.3. The molecule has 0 amide bonds. The van der Waals surface area contributed by atoms with Gasteiger partial charge in [-0.1, -0.05) is 25.8 Å². The molecule has 1 nitrogen and oxygen atoms in total. The van der Waals surface area contributed by atoms with Crippen LogP contribution in [0.4, 0.5) is 4.39 Å². The Morgan fingerprint density at radius 2 is 2.00 bits per heavy atom. The van der Waals surface area contributed by atoms with Crippen molar-refractivity contribution < 1.29 is 4.39 Å². The lowest BCUT2D eigenvalue weighted by Crippen LogP contribution is -2.34. The van der Waals surface area contributed by atoms with Crippen LogP contribution in [-0.2, 0) is 12.0 Å². The van der Waals surface area contributed by atoms with E-state index in [1.54, 1.807) is 6.07 Å². The number of nitrogens with two attached hydrogens (primary N) is 1. The highest BCUT2D eigenvalue weighted by Crippen LogP contribution is 2.38. The van der Waals surface area contributed by atoms with Crippen LogP contribution >= 0.6 is 0 Å². The zero-order valence-electron chi connectivity index (χ0n) is 9.22. The van der Waals surface area contributed by atoms with Gasteiger partial charge in [0.1, 0.15) is 5.82 Å². The van der Waals surface area contributed by atoms with Gasteiger partial charge in [0.2, 0.25) is 0 Å². The van der Waals surface area contributed by atoms with Crippen LogP contribution in [0.1, 0.15) is 43.7 Å². The van der Waals surface area contributed by atoms with E-state index in [-0.39, 0.29) is 11.4 Å². The largest absolute Gasteiger partial charge is 0.321 e. The van der Waals surface area contributed by atoms with Gasteiger partial charge in [-0.15, -0.1) is 0 Å². The highest BCUT2D eigenvalue weighted by atomic mass is 19.1. The first kappa shape index (κ1) is 10.6. The minimum atomic E-state index is -0.270. The third-order valence-corrected chi connectivity index (χ3v) is 3.49. The van der Waals surface area contributed by atoms with Crippen LogP contribution in [0.2, 0.25) is 0 Å². The van der Waals surface area contributed by atoms with E-state index >= 15 is 0 Å². The van der Waals surface area contributed by atoms with E-state index in [9.17, 15) is 4.39 Å².